The van der Waals surface area contributed by atoms with Crippen molar-refractivity contribution in [1.82, 2.24) is 9.88 Å². The Morgan fingerprint density at radius 3 is 2.54 bits per heavy atom. The number of nitrogens with two attached hydrogens (primary N) is 1. The third kappa shape index (κ3) is 5.53. The number of rotatable bonds is 6. The van der Waals surface area contributed by atoms with E-state index in [-0.39, 0.29) is 54.0 Å². The summed E-state index contributed by atoms with van der Waals surface area (Å²) in [5, 5.41) is 0. The maximum absolute atomic E-state index is 12.9. The van der Waals surface area contributed by atoms with E-state index in [0.717, 1.165) is 5.56 Å². The first kappa shape index (κ1) is 24.1. The number of aromatic nitrogens is 1. The Labute approximate surface area is 175 Å². The zero-order valence-electron chi connectivity index (χ0n) is 15.0. The molecule has 0 radical (unpaired) electrons. The number of pyridine rings is 1. The van der Waals surface area contributed by atoms with Crippen LogP contribution in [0.5, 0.6) is 5.75 Å². The summed E-state index contributed by atoms with van der Waals surface area (Å²) in [6.07, 6.45) is -1.16. The van der Waals surface area contributed by atoms with Gasteiger partial charge < -0.3 is 15.4 Å². The maximum Gasteiger partial charge on any atom is 0.276 e. The van der Waals surface area contributed by atoms with Crippen molar-refractivity contribution in [3.63, 3.8) is 0 Å². The van der Waals surface area contributed by atoms with Gasteiger partial charge in [0.05, 0.1) is 0 Å². The average molecular weight is 434 g/mol. The van der Waals surface area contributed by atoms with Gasteiger partial charge >= 0.3 is 0 Å². The van der Waals surface area contributed by atoms with Crippen LogP contribution in [-0.2, 0) is 0 Å². The highest BCUT2D eigenvalue weighted by molar-refractivity contribution is 5.95. The van der Waals surface area contributed by atoms with Crippen LogP contribution in [0.4, 0.5) is 8.78 Å². The van der Waals surface area contributed by atoms with E-state index >= 15 is 0 Å². The van der Waals surface area contributed by atoms with Gasteiger partial charge in [-0.05, 0) is 30.2 Å². The lowest BCUT2D eigenvalue weighted by Gasteiger charge is -2.18. The largest absolute Gasteiger partial charge is 0.485 e. The third-order valence-electron chi connectivity index (χ3n) is 4.60. The molecule has 28 heavy (non-hydrogen) atoms. The van der Waals surface area contributed by atoms with Crippen LogP contribution in [0.3, 0.4) is 0 Å². The number of carbonyl (C=O) groups is 1. The van der Waals surface area contributed by atoms with E-state index in [1.54, 1.807) is 11.0 Å². The third-order valence-corrected chi connectivity index (χ3v) is 4.60. The molecular weight excluding hydrogens is 411 g/mol. The Morgan fingerprint density at radius 1 is 1.18 bits per heavy atom. The van der Waals surface area contributed by atoms with E-state index in [0.29, 0.717) is 19.6 Å². The molecule has 0 spiro atoms. The van der Waals surface area contributed by atoms with Crippen molar-refractivity contribution in [2.24, 2.45) is 11.7 Å². The van der Waals surface area contributed by atoms with Crippen LogP contribution < -0.4 is 10.5 Å². The molecule has 2 N–H and O–H groups in total. The first-order chi connectivity index (χ1) is 12.6. The van der Waals surface area contributed by atoms with Gasteiger partial charge in [-0.3, -0.25) is 4.79 Å². The van der Waals surface area contributed by atoms with Crippen LogP contribution in [0.15, 0.2) is 48.7 Å². The maximum atomic E-state index is 12.9. The Bertz CT molecular complexity index is 753. The summed E-state index contributed by atoms with van der Waals surface area (Å²) >= 11 is 0. The summed E-state index contributed by atoms with van der Waals surface area (Å²) in [7, 11) is 0. The van der Waals surface area contributed by atoms with E-state index in [1.807, 2.05) is 30.3 Å². The lowest BCUT2D eigenvalue weighted by Crippen LogP contribution is -2.31. The highest BCUT2D eigenvalue weighted by Crippen LogP contribution is 2.33. The van der Waals surface area contributed by atoms with Gasteiger partial charge in [-0.25, -0.2) is 13.8 Å². The van der Waals surface area contributed by atoms with Crippen molar-refractivity contribution in [3.8, 4) is 5.75 Å². The van der Waals surface area contributed by atoms with Crippen molar-refractivity contribution in [1.29, 1.82) is 0 Å². The number of hydrogen-bond acceptors (Lipinski definition) is 4. The lowest BCUT2D eigenvalue weighted by molar-refractivity contribution is 0.0726. The van der Waals surface area contributed by atoms with Gasteiger partial charge in [-0.1, -0.05) is 30.3 Å². The quantitative estimate of drug-likeness (QED) is 0.757. The molecule has 2 aromatic rings. The second-order valence-electron chi connectivity index (χ2n) is 6.28. The monoisotopic (exact) mass is 433 g/mol. The molecule has 2 heterocycles. The van der Waals surface area contributed by atoms with Gasteiger partial charge in [-0.2, -0.15) is 0 Å². The van der Waals surface area contributed by atoms with Crippen LogP contribution in [0, 0.1) is 5.92 Å². The summed E-state index contributed by atoms with van der Waals surface area (Å²) in [6, 6.07) is 13.0. The number of carbonyl (C=O) groups excluding carboxylic acids is 1. The van der Waals surface area contributed by atoms with E-state index in [1.165, 1.54) is 12.3 Å². The van der Waals surface area contributed by atoms with E-state index in [9.17, 15) is 13.6 Å². The van der Waals surface area contributed by atoms with Crippen molar-refractivity contribution < 1.29 is 18.3 Å². The van der Waals surface area contributed by atoms with E-state index < -0.39 is 13.0 Å². The standard InChI is InChI=1S/C19H21F2N3O2.2ClH/c20-17(21)12-26-16-7-4-8-23-18(16)19(25)24-10-14(9-22)15(11-24)13-5-2-1-3-6-13;;/h1-8,14-15,17H,9-12,22H2;2*1H/t14-,15+;;/m1../s1. The fourth-order valence-electron chi connectivity index (χ4n) is 3.32. The number of likely N-dealkylation sites (tertiary alicyclic amines) is 1. The fourth-order valence-corrected chi connectivity index (χ4v) is 3.32. The molecule has 1 aliphatic rings. The Kier molecular flexibility index (Phi) is 9.58. The second-order valence-corrected chi connectivity index (χ2v) is 6.28. The number of amides is 1. The molecule has 9 heteroatoms. The highest BCUT2D eigenvalue weighted by Gasteiger charge is 2.36. The molecule has 5 nitrogen and oxygen atoms in total. The molecule has 1 aliphatic heterocycles. The zero-order chi connectivity index (χ0) is 18.5. The predicted octanol–water partition coefficient (Wildman–Crippen LogP) is 3.38. The van der Waals surface area contributed by atoms with Crippen molar-refractivity contribution in [2.75, 3.05) is 26.2 Å². The number of hydrogen-bond donors (Lipinski definition) is 1. The molecule has 2 atom stereocenters. The molecule has 0 unspecified atom stereocenters. The van der Waals surface area contributed by atoms with Gasteiger partial charge in [0.1, 0.15) is 6.61 Å². The smallest absolute Gasteiger partial charge is 0.276 e. The summed E-state index contributed by atoms with van der Waals surface area (Å²) in [5.41, 5.74) is 7.10. The van der Waals surface area contributed by atoms with Gasteiger partial charge in [0, 0.05) is 25.2 Å². The van der Waals surface area contributed by atoms with Gasteiger partial charge in [0.15, 0.2) is 11.4 Å². The SMILES string of the molecule is Cl.Cl.NC[C@@H]1CN(C(=O)c2ncccc2OCC(F)F)C[C@H]1c1ccccc1. The minimum absolute atomic E-state index is 0. The van der Waals surface area contributed by atoms with Crippen LogP contribution in [0.25, 0.3) is 0 Å². The van der Waals surface area contributed by atoms with Crippen LogP contribution >= 0.6 is 24.8 Å². The minimum Gasteiger partial charge on any atom is -0.485 e. The summed E-state index contributed by atoms with van der Waals surface area (Å²) in [5.74, 6) is 0.0202. The van der Waals surface area contributed by atoms with Crippen LogP contribution in [0.2, 0.25) is 0 Å². The van der Waals surface area contributed by atoms with Gasteiger partial charge in [0.25, 0.3) is 12.3 Å². The van der Waals surface area contributed by atoms with Crippen LogP contribution in [-0.4, -0.2) is 48.5 Å². The number of nitrogens with zero attached hydrogens (tertiary/aromatic N) is 2. The number of ether oxygens (including phenoxy) is 1. The Balaban J connectivity index is 0.00000196. The molecule has 1 fully saturated rings. The first-order valence-electron chi connectivity index (χ1n) is 8.50. The first-order valence-corrected chi connectivity index (χ1v) is 8.50. The number of benzene rings is 1. The van der Waals surface area contributed by atoms with E-state index in [4.69, 9.17) is 10.5 Å². The molecule has 0 saturated carbocycles. The Hall–Kier alpha value is -1.96. The Morgan fingerprint density at radius 2 is 1.89 bits per heavy atom. The fraction of sp³-hybridized carbons (Fsp3) is 0.368. The topological polar surface area (TPSA) is 68.5 Å². The van der Waals surface area contributed by atoms with E-state index in [2.05, 4.69) is 4.98 Å². The molecule has 0 aliphatic carbocycles. The number of alkyl halides is 2. The van der Waals surface area contributed by atoms with Gasteiger partial charge in [0.2, 0.25) is 0 Å². The normalized spacial score (nSPS) is 18.4. The summed E-state index contributed by atoms with van der Waals surface area (Å²) < 4.78 is 29.9. The molecule has 1 aromatic carbocycles. The molecule has 0 bridgehead atoms. The van der Waals surface area contributed by atoms with Crippen molar-refractivity contribution >= 4 is 30.7 Å². The highest BCUT2D eigenvalue weighted by atomic mass is 35.5. The summed E-state index contributed by atoms with van der Waals surface area (Å²) in [6.45, 7) is 0.694. The van der Waals surface area contributed by atoms with Gasteiger partial charge in [-0.15, -0.1) is 24.8 Å². The van der Waals surface area contributed by atoms with Crippen LogP contribution in [0.1, 0.15) is 22.0 Å². The second kappa shape index (κ2) is 11.1. The lowest BCUT2D eigenvalue weighted by atomic mass is 9.89. The van der Waals surface area contributed by atoms with Crippen molar-refractivity contribution in [2.45, 2.75) is 12.3 Å². The zero-order valence-corrected chi connectivity index (χ0v) is 16.7. The molecule has 1 saturated heterocycles. The molecule has 1 aromatic heterocycles. The molecular formula is C19H23Cl2F2N3O2. The average Bonchev–Trinajstić information content (AvgIpc) is 3.11. The molecule has 3 rings (SSSR count). The predicted molar refractivity (Wildman–Crippen MR) is 108 cm³/mol. The minimum atomic E-state index is -2.62. The molecule has 154 valence electrons. The number of halogens is 4. The van der Waals surface area contributed by atoms with Crippen molar-refractivity contribution in [3.05, 3.63) is 59.9 Å². The summed E-state index contributed by atoms with van der Waals surface area (Å²) in [4.78, 5) is 18.6. The molecule has 1 amide bonds.